The second kappa shape index (κ2) is 8.68. The highest BCUT2D eigenvalue weighted by molar-refractivity contribution is 7.89. The van der Waals surface area contributed by atoms with Gasteiger partial charge >= 0.3 is 0 Å². The van der Waals surface area contributed by atoms with Crippen molar-refractivity contribution >= 4 is 37.5 Å². The first-order chi connectivity index (χ1) is 14.8. The Morgan fingerprint density at radius 3 is 2.58 bits per heavy atom. The van der Waals surface area contributed by atoms with Gasteiger partial charge in [-0.25, -0.2) is 8.42 Å². The van der Waals surface area contributed by atoms with Crippen molar-refractivity contribution in [1.82, 2.24) is 8.87 Å². The van der Waals surface area contributed by atoms with Crippen LogP contribution in [0.2, 0.25) is 0 Å². The topological polar surface area (TPSA) is 71.7 Å². The third-order valence-corrected chi connectivity index (χ3v) is 9.06. The van der Waals surface area contributed by atoms with Crippen molar-refractivity contribution in [3.05, 3.63) is 58.4 Å². The summed E-state index contributed by atoms with van der Waals surface area (Å²) in [5.74, 6) is -0.379. The predicted molar refractivity (Wildman–Crippen MR) is 124 cm³/mol. The number of aryl methyl sites for hydroxylation is 2. The molecule has 1 saturated heterocycles. The molecule has 1 aromatic heterocycles. The van der Waals surface area contributed by atoms with Crippen molar-refractivity contribution in [2.24, 2.45) is 12.0 Å². The number of piperidine rings is 1. The first kappa shape index (κ1) is 21.9. The molecule has 2 aromatic carbocycles. The van der Waals surface area contributed by atoms with Crippen LogP contribution in [0.1, 0.15) is 49.0 Å². The number of amides is 1. The molecule has 1 aliphatic heterocycles. The second-order valence-corrected chi connectivity index (χ2v) is 10.9. The molecule has 8 heteroatoms. The number of nitrogens with zero attached hydrogens (tertiary/aromatic N) is 3. The molecule has 4 rings (SSSR count). The number of aromatic nitrogens is 1. The molecular weight excluding hydrogens is 430 g/mol. The van der Waals surface area contributed by atoms with Crippen LogP contribution >= 0.6 is 11.3 Å². The highest BCUT2D eigenvalue weighted by atomic mass is 32.2. The van der Waals surface area contributed by atoms with Crippen LogP contribution in [0.3, 0.4) is 0 Å². The van der Waals surface area contributed by atoms with Crippen molar-refractivity contribution in [2.75, 3.05) is 6.54 Å². The highest BCUT2D eigenvalue weighted by Crippen LogP contribution is 2.25. The zero-order valence-electron chi connectivity index (χ0n) is 18.0. The summed E-state index contributed by atoms with van der Waals surface area (Å²) in [4.78, 5) is 17.9. The Labute approximate surface area is 186 Å². The molecule has 0 bridgehead atoms. The van der Waals surface area contributed by atoms with Gasteiger partial charge in [-0.05, 0) is 62.1 Å². The number of hydrogen-bond acceptors (Lipinski definition) is 4. The molecule has 6 nitrogen and oxygen atoms in total. The lowest BCUT2D eigenvalue weighted by molar-refractivity contribution is 0.0998. The molecule has 3 aromatic rings. The molecule has 1 amide bonds. The lowest BCUT2D eigenvalue weighted by atomic mass is 10.1. The van der Waals surface area contributed by atoms with Gasteiger partial charge in [0.1, 0.15) is 0 Å². The molecule has 31 heavy (non-hydrogen) atoms. The Balaban J connectivity index is 1.64. The van der Waals surface area contributed by atoms with Gasteiger partial charge in [0.05, 0.1) is 15.1 Å². The number of sulfonamides is 1. The Morgan fingerprint density at radius 2 is 1.90 bits per heavy atom. The Bertz CT molecular complexity index is 1290. The summed E-state index contributed by atoms with van der Waals surface area (Å²) in [7, 11) is -1.64. The lowest BCUT2D eigenvalue weighted by Crippen LogP contribution is -2.41. The van der Waals surface area contributed by atoms with Gasteiger partial charge in [-0.3, -0.25) is 4.79 Å². The molecule has 0 spiro atoms. The molecule has 0 radical (unpaired) electrons. The third-order valence-electron chi connectivity index (χ3n) is 5.93. The number of hydrogen-bond donors (Lipinski definition) is 0. The zero-order valence-corrected chi connectivity index (χ0v) is 19.7. The van der Waals surface area contributed by atoms with E-state index in [1.807, 2.05) is 30.7 Å². The van der Waals surface area contributed by atoms with Gasteiger partial charge in [0.25, 0.3) is 5.91 Å². The van der Waals surface area contributed by atoms with E-state index in [9.17, 15) is 13.2 Å². The summed E-state index contributed by atoms with van der Waals surface area (Å²) in [5.41, 5.74) is 2.68. The monoisotopic (exact) mass is 457 g/mol. The predicted octanol–water partition coefficient (Wildman–Crippen LogP) is 4.11. The fraction of sp³-hybridized carbons (Fsp3) is 0.391. The number of carbonyl (C=O) groups excluding carboxylic acids is 1. The molecule has 0 saturated carbocycles. The van der Waals surface area contributed by atoms with Gasteiger partial charge in [0.2, 0.25) is 10.0 Å². The van der Waals surface area contributed by atoms with Crippen LogP contribution in [-0.2, 0) is 23.5 Å². The molecule has 0 aliphatic carbocycles. The van der Waals surface area contributed by atoms with Crippen LogP contribution in [0, 0.1) is 0 Å². The highest BCUT2D eigenvalue weighted by Gasteiger charge is 2.30. The molecule has 1 unspecified atom stereocenters. The summed E-state index contributed by atoms with van der Waals surface area (Å²) >= 11 is 1.48. The Hall–Kier alpha value is -2.29. The summed E-state index contributed by atoms with van der Waals surface area (Å²) in [6, 6.07) is 12.3. The normalized spacial score (nSPS) is 18.5. The van der Waals surface area contributed by atoms with Crippen molar-refractivity contribution in [1.29, 1.82) is 0 Å². The number of rotatable bonds is 4. The van der Waals surface area contributed by atoms with Crippen LogP contribution < -0.4 is 4.80 Å². The number of thiazole rings is 1. The van der Waals surface area contributed by atoms with Gasteiger partial charge in [-0.15, -0.1) is 0 Å². The minimum atomic E-state index is -3.55. The largest absolute Gasteiger partial charge is 0.319 e. The summed E-state index contributed by atoms with van der Waals surface area (Å²) < 4.78 is 30.6. The van der Waals surface area contributed by atoms with Crippen molar-refractivity contribution < 1.29 is 13.2 Å². The lowest BCUT2D eigenvalue weighted by Gasteiger charge is -2.32. The van der Waals surface area contributed by atoms with Crippen molar-refractivity contribution in [3.63, 3.8) is 0 Å². The van der Waals surface area contributed by atoms with Crippen LogP contribution in [-0.4, -0.2) is 35.8 Å². The molecular formula is C23H27N3O3S2. The third kappa shape index (κ3) is 4.12. The fourth-order valence-corrected chi connectivity index (χ4v) is 6.93. The van der Waals surface area contributed by atoms with E-state index in [0.717, 1.165) is 35.9 Å². The molecule has 164 valence electrons. The van der Waals surface area contributed by atoms with Crippen LogP contribution in [0.5, 0.6) is 0 Å². The van der Waals surface area contributed by atoms with Gasteiger partial charge < -0.3 is 4.57 Å². The number of carbonyl (C=O) groups is 1. The van der Waals surface area contributed by atoms with E-state index in [-0.39, 0.29) is 16.8 Å². The van der Waals surface area contributed by atoms with Gasteiger partial charge in [-0.1, -0.05) is 36.8 Å². The van der Waals surface area contributed by atoms with E-state index in [2.05, 4.69) is 18.0 Å². The minimum absolute atomic E-state index is 0.00367. The van der Waals surface area contributed by atoms with Gasteiger partial charge in [-0.2, -0.15) is 9.30 Å². The maximum Gasteiger partial charge on any atom is 0.279 e. The number of fused-ring (bicyclic) bond motifs is 1. The first-order valence-electron chi connectivity index (χ1n) is 10.6. The van der Waals surface area contributed by atoms with Crippen molar-refractivity contribution in [2.45, 2.75) is 50.5 Å². The SMILES string of the molecule is CCc1cccc2sc(=NC(=O)c3ccc(S(=O)(=O)N4CCCCC4C)cc3)n(C)c12. The minimum Gasteiger partial charge on any atom is -0.319 e. The Kier molecular flexibility index (Phi) is 6.14. The fourth-order valence-electron chi connectivity index (χ4n) is 4.16. The molecule has 1 atom stereocenters. The summed E-state index contributed by atoms with van der Waals surface area (Å²) in [5, 5.41) is 0. The number of benzene rings is 2. The molecule has 2 heterocycles. The van der Waals surface area contributed by atoms with E-state index >= 15 is 0 Å². The molecule has 1 fully saturated rings. The first-order valence-corrected chi connectivity index (χ1v) is 12.9. The average molecular weight is 458 g/mol. The summed E-state index contributed by atoms with van der Waals surface area (Å²) in [6.07, 6.45) is 3.71. The Morgan fingerprint density at radius 1 is 1.16 bits per heavy atom. The number of para-hydroxylation sites is 1. The van der Waals surface area contributed by atoms with Crippen LogP contribution in [0.25, 0.3) is 10.2 Å². The van der Waals surface area contributed by atoms with E-state index in [1.165, 1.54) is 29.0 Å². The molecule has 0 N–H and O–H groups in total. The van der Waals surface area contributed by atoms with Gasteiger partial charge in [0, 0.05) is 25.2 Å². The van der Waals surface area contributed by atoms with Crippen LogP contribution in [0.4, 0.5) is 0 Å². The maximum atomic E-state index is 13.0. The van der Waals surface area contributed by atoms with Gasteiger partial charge in [0.15, 0.2) is 4.80 Å². The maximum absolute atomic E-state index is 13.0. The van der Waals surface area contributed by atoms with Crippen molar-refractivity contribution in [3.8, 4) is 0 Å². The van der Waals surface area contributed by atoms with E-state index in [1.54, 1.807) is 16.4 Å². The zero-order chi connectivity index (χ0) is 22.2. The van der Waals surface area contributed by atoms with E-state index < -0.39 is 10.0 Å². The average Bonchev–Trinajstić information content (AvgIpc) is 3.09. The quantitative estimate of drug-likeness (QED) is 0.592. The molecule has 1 aliphatic rings. The smallest absolute Gasteiger partial charge is 0.279 e. The standard InChI is InChI=1S/C23H27N3O3S2/c1-4-17-9-7-10-20-21(17)25(3)23(30-20)24-22(27)18-11-13-19(14-12-18)31(28,29)26-15-6-5-8-16(26)2/h7,9-14,16H,4-6,8,15H2,1-3H3. The van der Waals surface area contributed by atoms with E-state index in [0.29, 0.717) is 16.9 Å². The van der Waals surface area contributed by atoms with Crippen LogP contribution in [0.15, 0.2) is 52.4 Å². The van der Waals surface area contributed by atoms with E-state index in [4.69, 9.17) is 0 Å². The summed E-state index contributed by atoms with van der Waals surface area (Å²) in [6.45, 7) is 4.60. The second-order valence-electron chi connectivity index (χ2n) is 7.96.